The number of aromatic nitrogens is 4. The Balaban J connectivity index is 1.49. The summed E-state index contributed by atoms with van der Waals surface area (Å²) in [5.41, 5.74) is 4.92. The number of halogens is 1. The normalized spacial score (nSPS) is 13.1. The van der Waals surface area contributed by atoms with Crippen LogP contribution >= 0.6 is 22.7 Å². The minimum atomic E-state index is -4.22. The van der Waals surface area contributed by atoms with Gasteiger partial charge in [-0.05, 0) is 61.4 Å². The molecule has 1 aliphatic carbocycles. The number of carboxylic acids is 1. The highest BCUT2D eigenvalue weighted by Crippen LogP contribution is 2.37. The summed E-state index contributed by atoms with van der Waals surface area (Å²) in [5, 5.41) is 24.4. The Morgan fingerprint density at radius 1 is 1.14 bits per heavy atom. The Morgan fingerprint density at radius 3 is 2.61 bits per heavy atom. The zero-order chi connectivity index (χ0) is 31.0. The number of nitrogens with two attached hydrogens (primary N) is 1. The van der Waals surface area contributed by atoms with Crippen LogP contribution in [0.4, 0.5) is 4.39 Å². The van der Waals surface area contributed by atoms with E-state index in [9.17, 15) is 22.7 Å². The first-order chi connectivity index (χ1) is 21.0. The summed E-state index contributed by atoms with van der Waals surface area (Å²) in [7, 11) is -4.22. The number of primary sulfonamides is 1. The minimum absolute atomic E-state index is 0.0769. The number of carbonyl (C=O) groups is 1. The Morgan fingerprint density at radius 2 is 1.95 bits per heavy atom. The predicted octanol–water partition coefficient (Wildman–Crippen LogP) is 5.58. The lowest BCUT2D eigenvalue weighted by Crippen LogP contribution is -2.14. The van der Waals surface area contributed by atoms with E-state index >= 15 is 0 Å². The van der Waals surface area contributed by atoms with Crippen LogP contribution in [0, 0.1) is 30.5 Å². The van der Waals surface area contributed by atoms with Crippen LogP contribution in [0.25, 0.3) is 16.4 Å². The number of thiazole rings is 2. The second-order valence-corrected chi connectivity index (χ2v) is 14.0. The van der Waals surface area contributed by atoms with E-state index in [1.807, 2.05) is 36.6 Å². The van der Waals surface area contributed by atoms with Crippen molar-refractivity contribution >= 4 is 38.7 Å². The van der Waals surface area contributed by atoms with E-state index in [1.165, 1.54) is 46.3 Å². The molecule has 0 amide bonds. The highest BCUT2D eigenvalue weighted by atomic mass is 32.2. The maximum atomic E-state index is 14.9. The molecule has 224 valence electrons. The average molecular weight is 648 g/mol. The van der Waals surface area contributed by atoms with Gasteiger partial charge in [0.1, 0.15) is 16.4 Å². The standard InChI is InChI=1S/C31H26FN5O4S3/c1-18-34-23(16-42-18)10-7-20-3-2-4-22(13-20)29-24(14-21-9-12-28(25(32)15-21)44(33,40)41)27(11-8-19-5-6-19)37(36-29)31-35-26(17-43-31)30(38)39/h2-4,9,12-13,15-17,19H,5-6,8,11,14H2,1H3,(H,38,39)(H2,33,40,41). The van der Waals surface area contributed by atoms with E-state index < -0.39 is 26.7 Å². The fraction of sp³-hybridized carbons (Fsp3) is 0.226. The van der Waals surface area contributed by atoms with E-state index in [0.29, 0.717) is 34.4 Å². The molecule has 5 aromatic rings. The summed E-state index contributed by atoms with van der Waals surface area (Å²) in [5.74, 6) is 4.79. The molecule has 0 bridgehead atoms. The van der Waals surface area contributed by atoms with Gasteiger partial charge in [0.15, 0.2) is 5.69 Å². The fourth-order valence-corrected chi connectivity index (χ4v) is 6.82. The van der Waals surface area contributed by atoms with Gasteiger partial charge in [-0.25, -0.2) is 37.4 Å². The van der Waals surface area contributed by atoms with Gasteiger partial charge in [-0.15, -0.1) is 22.7 Å². The van der Waals surface area contributed by atoms with Crippen LogP contribution in [0.5, 0.6) is 0 Å². The van der Waals surface area contributed by atoms with Crippen molar-refractivity contribution in [1.82, 2.24) is 19.7 Å². The quantitative estimate of drug-likeness (QED) is 0.199. The van der Waals surface area contributed by atoms with E-state index in [1.54, 1.807) is 4.68 Å². The molecule has 6 rings (SSSR count). The Kier molecular flexibility index (Phi) is 8.17. The van der Waals surface area contributed by atoms with Crippen molar-refractivity contribution in [3.05, 3.63) is 97.8 Å². The highest BCUT2D eigenvalue weighted by Gasteiger charge is 2.27. The van der Waals surface area contributed by atoms with Gasteiger partial charge >= 0.3 is 5.97 Å². The van der Waals surface area contributed by atoms with Crippen molar-refractivity contribution in [2.75, 3.05) is 0 Å². The maximum absolute atomic E-state index is 14.9. The van der Waals surface area contributed by atoms with E-state index in [0.717, 1.165) is 46.7 Å². The molecule has 0 radical (unpaired) electrons. The van der Waals surface area contributed by atoms with Crippen LogP contribution in [0.3, 0.4) is 0 Å². The number of sulfonamides is 1. The predicted molar refractivity (Wildman–Crippen MR) is 166 cm³/mol. The van der Waals surface area contributed by atoms with Crippen LogP contribution in [0.2, 0.25) is 0 Å². The van der Waals surface area contributed by atoms with Crippen molar-refractivity contribution in [2.24, 2.45) is 11.1 Å². The summed E-state index contributed by atoms with van der Waals surface area (Å²) < 4.78 is 40.2. The van der Waals surface area contributed by atoms with Gasteiger partial charge in [0.05, 0.1) is 16.4 Å². The smallest absolute Gasteiger partial charge is 0.355 e. The topological polar surface area (TPSA) is 141 Å². The maximum Gasteiger partial charge on any atom is 0.355 e. The molecule has 1 saturated carbocycles. The number of aromatic carboxylic acids is 1. The van der Waals surface area contributed by atoms with Gasteiger partial charge < -0.3 is 5.11 Å². The zero-order valence-electron chi connectivity index (χ0n) is 23.4. The molecule has 3 aromatic heterocycles. The molecular weight excluding hydrogens is 622 g/mol. The lowest BCUT2D eigenvalue weighted by molar-refractivity contribution is 0.0691. The number of nitrogens with zero attached hydrogens (tertiary/aromatic N) is 4. The first-order valence-electron chi connectivity index (χ1n) is 13.7. The van der Waals surface area contributed by atoms with Crippen LogP contribution in [-0.4, -0.2) is 39.2 Å². The third-order valence-corrected chi connectivity index (χ3v) is 9.78. The van der Waals surface area contributed by atoms with Crippen molar-refractivity contribution in [3.8, 4) is 28.2 Å². The molecular formula is C31H26FN5O4S3. The molecule has 0 atom stereocenters. The Bertz CT molecular complexity index is 2070. The summed E-state index contributed by atoms with van der Waals surface area (Å²) >= 11 is 2.70. The summed E-state index contributed by atoms with van der Waals surface area (Å²) in [6, 6.07) is 11.5. The summed E-state index contributed by atoms with van der Waals surface area (Å²) in [4.78, 5) is 19.8. The lowest BCUT2D eigenvalue weighted by Gasteiger charge is -2.10. The minimum Gasteiger partial charge on any atom is -0.476 e. The Labute approximate surface area is 261 Å². The first kappa shape index (κ1) is 29.8. The summed E-state index contributed by atoms with van der Waals surface area (Å²) in [6.45, 7) is 1.92. The molecule has 1 aliphatic rings. The fourth-order valence-electron chi connectivity index (χ4n) is 4.92. The van der Waals surface area contributed by atoms with Crippen molar-refractivity contribution in [1.29, 1.82) is 0 Å². The number of aryl methyl sites for hydroxylation is 1. The third-order valence-electron chi connectivity index (χ3n) is 7.24. The molecule has 2 aromatic carbocycles. The van der Waals surface area contributed by atoms with Gasteiger partial charge in [0.2, 0.25) is 15.2 Å². The number of carboxylic acid groups (broad SMARTS) is 1. The molecule has 9 nitrogen and oxygen atoms in total. The second kappa shape index (κ2) is 12.0. The van der Waals surface area contributed by atoms with Crippen LogP contribution in [-0.2, 0) is 22.9 Å². The van der Waals surface area contributed by atoms with Crippen LogP contribution in [0.1, 0.15) is 62.8 Å². The van der Waals surface area contributed by atoms with Gasteiger partial charge in [-0.2, -0.15) is 5.10 Å². The summed E-state index contributed by atoms with van der Waals surface area (Å²) in [6.07, 6.45) is 4.09. The molecule has 0 unspecified atom stereocenters. The molecule has 1 fully saturated rings. The second-order valence-electron chi connectivity index (χ2n) is 10.6. The Hall–Kier alpha value is -4.22. The highest BCUT2D eigenvalue weighted by molar-refractivity contribution is 7.89. The number of hydrogen-bond donors (Lipinski definition) is 2. The first-order valence-corrected chi connectivity index (χ1v) is 17.0. The van der Waals surface area contributed by atoms with Crippen molar-refractivity contribution in [3.63, 3.8) is 0 Å². The molecule has 3 heterocycles. The third kappa shape index (κ3) is 6.63. The van der Waals surface area contributed by atoms with Gasteiger partial charge in [0, 0.05) is 33.9 Å². The van der Waals surface area contributed by atoms with Gasteiger partial charge in [0.25, 0.3) is 0 Å². The molecule has 0 aliphatic heterocycles. The lowest BCUT2D eigenvalue weighted by atomic mass is 9.96. The van der Waals surface area contributed by atoms with Gasteiger partial charge in [-0.3, -0.25) is 0 Å². The van der Waals surface area contributed by atoms with Crippen LogP contribution < -0.4 is 5.14 Å². The van der Waals surface area contributed by atoms with E-state index in [-0.39, 0.29) is 12.1 Å². The van der Waals surface area contributed by atoms with Crippen molar-refractivity contribution < 1.29 is 22.7 Å². The van der Waals surface area contributed by atoms with E-state index in [2.05, 4.69) is 21.8 Å². The largest absolute Gasteiger partial charge is 0.476 e. The molecule has 13 heteroatoms. The zero-order valence-corrected chi connectivity index (χ0v) is 25.9. The SMILES string of the molecule is Cc1nc(C#Cc2cccc(-c3nn(-c4nc(C(=O)O)cs4)c(CCC4CC4)c3Cc3ccc(S(N)(=O)=O)c(F)c3)c2)cs1. The number of rotatable bonds is 9. The molecule has 3 N–H and O–H groups in total. The monoisotopic (exact) mass is 647 g/mol. The molecule has 44 heavy (non-hydrogen) atoms. The number of benzene rings is 2. The van der Waals surface area contributed by atoms with Gasteiger partial charge in [-0.1, -0.05) is 37.0 Å². The number of hydrogen-bond acceptors (Lipinski definition) is 8. The average Bonchev–Trinajstić information content (AvgIpc) is 3.33. The van der Waals surface area contributed by atoms with Crippen LogP contribution in [0.15, 0.2) is 58.1 Å². The van der Waals surface area contributed by atoms with Crippen molar-refractivity contribution in [2.45, 2.75) is 43.9 Å². The molecule has 0 saturated heterocycles. The van der Waals surface area contributed by atoms with E-state index in [4.69, 9.17) is 10.2 Å². The molecule has 0 spiro atoms.